The molecular formula is C34H34ClN3. The minimum atomic E-state index is 0. The molecule has 0 amide bonds. The molecule has 38 heavy (non-hydrogen) atoms. The zero-order valence-electron chi connectivity index (χ0n) is 22.7. The van der Waals surface area contributed by atoms with Crippen LogP contribution in [0.2, 0.25) is 0 Å². The Morgan fingerprint density at radius 3 is 1.84 bits per heavy atom. The number of allylic oxidation sites excluding steroid dienone is 2. The van der Waals surface area contributed by atoms with Crippen molar-refractivity contribution in [3.05, 3.63) is 125 Å². The number of anilines is 2. The molecule has 5 rings (SSSR count). The van der Waals surface area contributed by atoms with Crippen LogP contribution in [0.3, 0.4) is 0 Å². The van der Waals surface area contributed by atoms with Crippen molar-refractivity contribution in [3.63, 3.8) is 0 Å². The van der Waals surface area contributed by atoms with E-state index in [0.29, 0.717) is 0 Å². The maximum Gasteiger partial charge on any atom is 0.219 e. The fraction of sp³-hybridized carbons (Fsp3) is 0.147. The molecule has 1 aliphatic rings. The molecule has 0 fully saturated rings. The van der Waals surface area contributed by atoms with Crippen molar-refractivity contribution in [1.82, 2.24) is 0 Å². The third-order valence-electron chi connectivity index (χ3n) is 6.83. The lowest BCUT2D eigenvalue weighted by Crippen LogP contribution is -3.00. The number of rotatable bonds is 5. The Kier molecular flexibility index (Phi) is 8.19. The van der Waals surface area contributed by atoms with E-state index in [-0.39, 0.29) is 12.4 Å². The molecule has 3 nitrogen and oxygen atoms in total. The molecular weight excluding hydrogens is 486 g/mol. The molecule has 192 valence electrons. The first kappa shape index (κ1) is 27.0. The third kappa shape index (κ3) is 5.74. The van der Waals surface area contributed by atoms with Crippen LogP contribution in [-0.2, 0) is 0 Å². The minimum Gasteiger partial charge on any atom is -1.00 e. The minimum absolute atomic E-state index is 0. The predicted molar refractivity (Wildman–Crippen MR) is 161 cm³/mol. The molecule has 0 saturated carbocycles. The molecule has 4 aromatic rings. The second-order valence-corrected chi connectivity index (χ2v) is 10.00. The molecule has 0 spiro atoms. The molecule has 0 atom stereocenters. The number of nitrogens with zero attached hydrogens (tertiary/aromatic N) is 2. The van der Waals surface area contributed by atoms with E-state index in [1.807, 2.05) is 0 Å². The van der Waals surface area contributed by atoms with Crippen molar-refractivity contribution in [2.45, 2.75) is 6.92 Å². The van der Waals surface area contributed by atoms with Crippen molar-refractivity contribution < 1.29 is 17.4 Å². The van der Waals surface area contributed by atoms with E-state index in [0.717, 1.165) is 11.4 Å². The summed E-state index contributed by atoms with van der Waals surface area (Å²) >= 11 is 0. The zero-order chi connectivity index (χ0) is 25.9. The van der Waals surface area contributed by atoms with Crippen LogP contribution in [-0.4, -0.2) is 33.9 Å². The van der Waals surface area contributed by atoms with Crippen LogP contribution in [0.4, 0.5) is 17.1 Å². The first-order valence-corrected chi connectivity index (χ1v) is 12.7. The Labute approximate surface area is 232 Å². The van der Waals surface area contributed by atoms with Crippen molar-refractivity contribution in [1.29, 1.82) is 0 Å². The highest BCUT2D eigenvalue weighted by Crippen LogP contribution is 2.36. The Hall–Kier alpha value is -4.08. The van der Waals surface area contributed by atoms with Crippen LogP contribution >= 0.6 is 0 Å². The smallest absolute Gasteiger partial charge is 0.219 e. The van der Waals surface area contributed by atoms with Crippen LogP contribution in [0.1, 0.15) is 27.8 Å². The van der Waals surface area contributed by atoms with Gasteiger partial charge < -0.3 is 22.2 Å². The van der Waals surface area contributed by atoms with Crippen LogP contribution in [0.25, 0.3) is 23.3 Å². The van der Waals surface area contributed by atoms with Crippen molar-refractivity contribution in [3.8, 4) is 0 Å². The highest BCUT2D eigenvalue weighted by molar-refractivity contribution is 6.49. The molecule has 0 saturated heterocycles. The van der Waals surface area contributed by atoms with Gasteiger partial charge in [0.05, 0.1) is 11.1 Å². The number of fused-ring (bicyclic) bond motifs is 1. The van der Waals surface area contributed by atoms with E-state index in [4.69, 9.17) is 0 Å². The van der Waals surface area contributed by atoms with Crippen LogP contribution in [0, 0.1) is 6.92 Å². The largest absolute Gasteiger partial charge is 1.00 e. The Morgan fingerprint density at radius 1 is 0.658 bits per heavy atom. The standard InChI is InChI=1S/C34H33N3.ClH/c1-24-10-16-28(17-11-24)35-34-32(26-14-20-30(21-15-26)37(4)5)23-27-8-6-7-9-31(27)33(34)22-25-12-18-29(19-13-25)36(2)3;/h6-23H,1-5H3;1H. The van der Waals surface area contributed by atoms with Gasteiger partial charge in [0, 0.05) is 51.7 Å². The average Bonchev–Trinajstić information content (AvgIpc) is 2.91. The van der Waals surface area contributed by atoms with Gasteiger partial charge >= 0.3 is 0 Å². The monoisotopic (exact) mass is 519 g/mol. The van der Waals surface area contributed by atoms with Gasteiger partial charge in [-0.25, -0.2) is 4.99 Å². The van der Waals surface area contributed by atoms with E-state index >= 15 is 0 Å². The first-order valence-electron chi connectivity index (χ1n) is 12.7. The topological polar surface area (TPSA) is 20.5 Å². The van der Waals surface area contributed by atoms with E-state index in [2.05, 4.69) is 159 Å². The molecule has 0 unspecified atom stereocenters. The normalized spacial score (nSPS) is 14.5. The van der Waals surface area contributed by atoms with E-state index in [1.54, 1.807) is 0 Å². The molecule has 0 aromatic heterocycles. The second-order valence-electron chi connectivity index (χ2n) is 10.00. The molecule has 0 heterocycles. The van der Waals surface area contributed by atoms with E-state index in [9.17, 15) is 0 Å². The maximum absolute atomic E-state index is 3.80. The van der Waals surface area contributed by atoms with Gasteiger partial charge in [0.1, 0.15) is 0 Å². The Balaban J connectivity index is 0.00000336. The number of halogens is 1. The summed E-state index contributed by atoms with van der Waals surface area (Å²) < 4.78 is 0. The predicted octanol–water partition coefficient (Wildman–Crippen LogP) is 3.08. The maximum atomic E-state index is 3.80. The lowest BCUT2D eigenvalue weighted by Gasteiger charge is -2.20. The molecule has 1 aliphatic carbocycles. The first-order chi connectivity index (χ1) is 17.9. The lowest BCUT2D eigenvalue weighted by molar-refractivity contribution is -0.350. The SMILES string of the molecule is Cc1ccc([NH+]=C2C(c3ccc(N(C)C)cc3)=Cc3ccccc3C2=Cc2ccc(N(C)C)cc2)cc1.[Cl-]. The van der Waals surface area contributed by atoms with Crippen LogP contribution < -0.4 is 27.2 Å². The molecule has 0 aliphatic heterocycles. The van der Waals surface area contributed by atoms with Crippen molar-refractivity contribution >= 4 is 46.1 Å². The number of hydrogen-bond acceptors (Lipinski definition) is 2. The summed E-state index contributed by atoms with van der Waals surface area (Å²) in [6.07, 6.45) is 4.61. The number of hydrogen-bond donors (Lipinski definition) is 1. The van der Waals surface area contributed by atoms with Gasteiger partial charge in [-0.15, -0.1) is 0 Å². The Morgan fingerprint density at radius 2 is 1.24 bits per heavy atom. The van der Waals surface area contributed by atoms with Crippen LogP contribution in [0.5, 0.6) is 0 Å². The van der Waals surface area contributed by atoms with Gasteiger partial charge in [0.2, 0.25) is 11.4 Å². The highest BCUT2D eigenvalue weighted by atomic mass is 35.5. The third-order valence-corrected chi connectivity index (χ3v) is 6.83. The van der Waals surface area contributed by atoms with Gasteiger partial charge in [-0.1, -0.05) is 66.2 Å². The summed E-state index contributed by atoms with van der Waals surface area (Å²) in [5, 5.41) is 0. The highest BCUT2D eigenvalue weighted by Gasteiger charge is 2.28. The summed E-state index contributed by atoms with van der Waals surface area (Å²) in [5.41, 5.74) is 13.0. The molecule has 4 aromatic carbocycles. The zero-order valence-corrected chi connectivity index (χ0v) is 23.4. The van der Waals surface area contributed by atoms with E-state index in [1.165, 1.54) is 50.3 Å². The quantitative estimate of drug-likeness (QED) is 0.437. The summed E-state index contributed by atoms with van der Waals surface area (Å²) in [4.78, 5) is 8.05. The van der Waals surface area contributed by atoms with Gasteiger partial charge in [-0.3, -0.25) is 0 Å². The summed E-state index contributed by atoms with van der Waals surface area (Å²) in [5.74, 6) is 0. The number of nitrogens with one attached hydrogen (secondary N) is 1. The average molecular weight is 520 g/mol. The van der Waals surface area contributed by atoms with Crippen molar-refractivity contribution in [2.75, 3.05) is 38.0 Å². The van der Waals surface area contributed by atoms with Gasteiger partial charge in [0.25, 0.3) is 0 Å². The van der Waals surface area contributed by atoms with Gasteiger partial charge in [0.15, 0.2) is 0 Å². The second kappa shape index (κ2) is 11.5. The fourth-order valence-electron chi connectivity index (χ4n) is 4.64. The van der Waals surface area contributed by atoms with Crippen molar-refractivity contribution in [2.24, 2.45) is 0 Å². The van der Waals surface area contributed by atoms with Crippen LogP contribution in [0.15, 0.2) is 97.1 Å². The molecule has 0 radical (unpaired) electrons. The van der Waals surface area contributed by atoms with E-state index < -0.39 is 0 Å². The number of aryl methyl sites for hydroxylation is 1. The molecule has 1 N–H and O–H groups in total. The fourth-order valence-corrected chi connectivity index (χ4v) is 4.64. The summed E-state index contributed by atoms with van der Waals surface area (Å²) in [7, 11) is 8.29. The van der Waals surface area contributed by atoms with Gasteiger partial charge in [-0.2, -0.15) is 0 Å². The lowest BCUT2D eigenvalue weighted by atomic mass is 9.82. The molecule has 4 heteroatoms. The molecule has 0 bridgehead atoms. The summed E-state index contributed by atoms with van der Waals surface area (Å²) in [6.45, 7) is 2.12. The Bertz CT molecular complexity index is 1490. The number of benzene rings is 4. The summed E-state index contributed by atoms with van der Waals surface area (Å²) in [6, 6.07) is 34.8. The van der Waals surface area contributed by atoms with Gasteiger partial charge in [-0.05, 0) is 65.6 Å².